The molecule has 0 spiro atoms. The summed E-state index contributed by atoms with van der Waals surface area (Å²) in [5.74, 6) is 2.55. The number of benzene rings is 2. The highest BCUT2D eigenvalue weighted by Crippen LogP contribution is 2.32. The quantitative estimate of drug-likeness (QED) is 0.641. The highest BCUT2D eigenvalue weighted by molar-refractivity contribution is 6.32. The third kappa shape index (κ3) is 3.81. The highest BCUT2D eigenvalue weighted by atomic mass is 35.5. The van der Waals surface area contributed by atoms with Crippen LogP contribution in [0.1, 0.15) is 18.9 Å². The van der Waals surface area contributed by atoms with Crippen molar-refractivity contribution >= 4 is 23.2 Å². The van der Waals surface area contributed by atoms with Crippen molar-refractivity contribution in [1.29, 1.82) is 0 Å². The highest BCUT2D eigenvalue weighted by Gasteiger charge is 2.08. The summed E-state index contributed by atoms with van der Waals surface area (Å²) < 4.78 is 11.3. The van der Waals surface area contributed by atoms with E-state index in [4.69, 9.17) is 32.7 Å². The molecule has 0 heterocycles. The minimum Gasteiger partial charge on any atom is -0.494 e. The van der Waals surface area contributed by atoms with E-state index in [-0.39, 0.29) is 0 Å². The van der Waals surface area contributed by atoms with Gasteiger partial charge in [-0.3, -0.25) is 0 Å². The van der Waals surface area contributed by atoms with Gasteiger partial charge in [0, 0.05) is 10.6 Å². The normalized spacial score (nSPS) is 10.3. The molecule has 0 aliphatic rings. The molecule has 0 bridgehead atoms. The van der Waals surface area contributed by atoms with E-state index in [1.165, 1.54) is 0 Å². The molecule has 2 rings (SSSR count). The van der Waals surface area contributed by atoms with E-state index in [1.54, 1.807) is 6.07 Å². The van der Waals surface area contributed by atoms with E-state index in [2.05, 4.69) is 6.92 Å². The van der Waals surface area contributed by atoms with Gasteiger partial charge in [0.1, 0.15) is 17.2 Å². The average Bonchev–Trinajstić information content (AvgIpc) is 2.47. The number of ether oxygens (including phenoxy) is 2. The maximum absolute atomic E-state index is 6.09. The van der Waals surface area contributed by atoms with Gasteiger partial charge in [-0.2, -0.15) is 0 Å². The molecule has 106 valence electrons. The molecule has 2 aromatic carbocycles. The van der Waals surface area contributed by atoms with Crippen LogP contribution < -0.4 is 9.47 Å². The first kappa shape index (κ1) is 15.0. The summed E-state index contributed by atoms with van der Waals surface area (Å²) in [5.41, 5.74) is 0.794. The van der Waals surface area contributed by atoms with Crippen molar-refractivity contribution in [2.45, 2.75) is 19.2 Å². The predicted molar refractivity (Wildman–Crippen MR) is 83.3 cm³/mol. The molecule has 0 amide bonds. The predicted octanol–water partition coefficient (Wildman–Crippen LogP) is 5.66. The first-order valence-corrected chi connectivity index (χ1v) is 7.40. The Bertz CT molecular complexity index is 553. The largest absolute Gasteiger partial charge is 0.494 e. The van der Waals surface area contributed by atoms with Gasteiger partial charge in [0.25, 0.3) is 0 Å². The summed E-state index contributed by atoms with van der Waals surface area (Å²) in [6.07, 6.45) is 0.986. The molecule has 0 saturated carbocycles. The summed E-state index contributed by atoms with van der Waals surface area (Å²) in [6, 6.07) is 13.0. The second-order valence-corrected chi connectivity index (χ2v) is 4.95. The van der Waals surface area contributed by atoms with Gasteiger partial charge >= 0.3 is 0 Å². The number of rotatable bonds is 6. The summed E-state index contributed by atoms with van der Waals surface area (Å²) >= 11 is 12.0. The first-order chi connectivity index (χ1) is 9.74. The Morgan fingerprint density at radius 3 is 2.35 bits per heavy atom. The van der Waals surface area contributed by atoms with Crippen LogP contribution in [0.5, 0.6) is 17.2 Å². The topological polar surface area (TPSA) is 18.5 Å². The Morgan fingerprint density at radius 1 is 1.00 bits per heavy atom. The van der Waals surface area contributed by atoms with Crippen LogP contribution in [0.2, 0.25) is 5.02 Å². The molecule has 4 heteroatoms. The molecule has 0 N–H and O–H groups in total. The van der Waals surface area contributed by atoms with E-state index in [9.17, 15) is 0 Å². The van der Waals surface area contributed by atoms with E-state index in [0.29, 0.717) is 23.3 Å². The minimum atomic E-state index is 0.312. The number of hydrogen-bond acceptors (Lipinski definition) is 2. The zero-order valence-electron chi connectivity index (χ0n) is 11.2. The molecule has 0 unspecified atom stereocenters. The summed E-state index contributed by atoms with van der Waals surface area (Å²) in [6.45, 7) is 2.79. The maximum Gasteiger partial charge on any atom is 0.133 e. The van der Waals surface area contributed by atoms with E-state index < -0.39 is 0 Å². The smallest absolute Gasteiger partial charge is 0.133 e. The molecular formula is C16H16Cl2O2. The van der Waals surface area contributed by atoms with Crippen molar-refractivity contribution < 1.29 is 9.47 Å². The van der Waals surface area contributed by atoms with Gasteiger partial charge in [-0.05, 0) is 42.8 Å². The van der Waals surface area contributed by atoms with Crippen LogP contribution in [0.15, 0.2) is 42.5 Å². The van der Waals surface area contributed by atoms with Gasteiger partial charge in [-0.25, -0.2) is 0 Å². The molecule has 0 atom stereocenters. The van der Waals surface area contributed by atoms with Gasteiger partial charge in [-0.15, -0.1) is 11.6 Å². The molecule has 0 fully saturated rings. The lowest BCUT2D eigenvalue weighted by molar-refractivity contribution is 0.317. The standard InChI is InChI=1S/C16H16Cl2O2/c1-2-10-19-12-6-8-13(9-7-12)20-16-5-3-4-15(18)14(16)11-17/h3-9H,2,10-11H2,1H3. The van der Waals surface area contributed by atoms with Gasteiger partial charge in [0.15, 0.2) is 0 Å². The lowest BCUT2D eigenvalue weighted by atomic mass is 10.2. The van der Waals surface area contributed by atoms with Crippen molar-refractivity contribution in [3.05, 3.63) is 53.1 Å². The third-order valence-corrected chi connectivity index (χ3v) is 3.36. The monoisotopic (exact) mass is 310 g/mol. The van der Waals surface area contributed by atoms with E-state index >= 15 is 0 Å². The zero-order chi connectivity index (χ0) is 14.4. The Labute approximate surface area is 129 Å². The zero-order valence-corrected chi connectivity index (χ0v) is 12.7. The first-order valence-electron chi connectivity index (χ1n) is 6.48. The molecule has 0 aliphatic carbocycles. The van der Waals surface area contributed by atoms with Gasteiger partial charge < -0.3 is 9.47 Å². The average molecular weight is 311 g/mol. The van der Waals surface area contributed by atoms with Crippen LogP contribution in [0.4, 0.5) is 0 Å². The molecule has 2 aromatic rings. The SMILES string of the molecule is CCCOc1ccc(Oc2cccc(Cl)c2CCl)cc1. The fraction of sp³-hybridized carbons (Fsp3) is 0.250. The van der Waals surface area contributed by atoms with Crippen LogP contribution >= 0.6 is 23.2 Å². The van der Waals surface area contributed by atoms with E-state index in [0.717, 1.165) is 23.5 Å². The van der Waals surface area contributed by atoms with Crippen LogP contribution in [0.25, 0.3) is 0 Å². The van der Waals surface area contributed by atoms with Crippen molar-refractivity contribution in [1.82, 2.24) is 0 Å². The molecular weight excluding hydrogens is 295 g/mol. The van der Waals surface area contributed by atoms with Crippen LogP contribution in [-0.2, 0) is 5.88 Å². The Morgan fingerprint density at radius 2 is 1.70 bits per heavy atom. The molecule has 0 aromatic heterocycles. The van der Waals surface area contributed by atoms with Crippen LogP contribution in [0, 0.1) is 0 Å². The summed E-state index contributed by atoms with van der Waals surface area (Å²) in [7, 11) is 0. The minimum absolute atomic E-state index is 0.312. The van der Waals surface area contributed by atoms with Gasteiger partial charge in [0.2, 0.25) is 0 Å². The lowest BCUT2D eigenvalue weighted by Crippen LogP contribution is -1.95. The Kier molecular flexibility index (Phi) is 5.57. The third-order valence-electron chi connectivity index (χ3n) is 2.73. The maximum atomic E-state index is 6.09. The molecule has 20 heavy (non-hydrogen) atoms. The fourth-order valence-corrected chi connectivity index (χ4v) is 2.29. The molecule has 2 nitrogen and oxygen atoms in total. The Balaban J connectivity index is 2.12. The van der Waals surface area contributed by atoms with Crippen LogP contribution in [-0.4, -0.2) is 6.61 Å². The molecule has 0 radical (unpaired) electrons. The van der Waals surface area contributed by atoms with Crippen molar-refractivity contribution in [2.75, 3.05) is 6.61 Å². The molecule has 0 aliphatic heterocycles. The van der Waals surface area contributed by atoms with E-state index in [1.807, 2.05) is 36.4 Å². The fourth-order valence-electron chi connectivity index (χ4n) is 1.71. The molecule has 0 saturated heterocycles. The Hall–Kier alpha value is -1.38. The summed E-state index contributed by atoms with van der Waals surface area (Å²) in [5, 5.41) is 0.611. The van der Waals surface area contributed by atoms with Crippen molar-refractivity contribution in [2.24, 2.45) is 0 Å². The van der Waals surface area contributed by atoms with Gasteiger partial charge in [-0.1, -0.05) is 24.6 Å². The lowest BCUT2D eigenvalue weighted by Gasteiger charge is -2.11. The number of hydrogen-bond donors (Lipinski definition) is 0. The van der Waals surface area contributed by atoms with Crippen LogP contribution in [0.3, 0.4) is 0 Å². The second kappa shape index (κ2) is 7.41. The second-order valence-electron chi connectivity index (χ2n) is 4.27. The number of halogens is 2. The van der Waals surface area contributed by atoms with Crippen molar-refractivity contribution in [3.8, 4) is 17.2 Å². The summed E-state index contributed by atoms with van der Waals surface area (Å²) in [4.78, 5) is 0. The van der Waals surface area contributed by atoms with Gasteiger partial charge in [0.05, 0.1) is 12.5 Å². The van der Waals surface area contributed by atoms with Crippen molar-refractivity contribution in [3.63, 3.8) is 0 Å². The number of alkyl halides is 1.